The van der Waals surface area contributed by atoms with Gasteiger partial charge in [-0.05, 0) is 75.1 Å². The number of carbonyl (C=O) groups is 1. The molecule has 0 bridgehead atoms. The molecule has 1 saturated heterocycles. The lowest BCUT2D eigenvalue weighted by Crippen LogP contribution is -2.44. The molecule has 158 valence electrons. The summed E-state index contributed by atoms with van der Waals surface area (Å²) in [5.41, 5.74) is 3.50. The topological polar surface area (TPSA) is 81.5 Å². The van der Waals surface area contributed by atoms with Crippen LogP contribution < -0.4 is 4.90 Å². The fourth-order valence-electron chi connectivity index (χ4n) is 3.87. The Hall–Kier alpha value is -2.69. The maximum Gasteiger partial charge on any atom is 0.243 e. The van der Waals surface area contributed by atoms with E-state index in [1.807, 2.05) is 49.9 Å². The molecular weight excluding hydrogens is 398 g/mol. The minimum Gasteiger partial charge on any atom is -0.312 e. The Kier molecular flexibility index (Phi) is 6.59. The number of hydrogen-bond acceptors (Lipinski definition) is 4. The number of hydrogen-bond donors (Lipinski definition) is 0. The van der Waals surface area contributed by atoms with Crippen molar-refractivity contribution in [2.45, 2.75) is 38.5 Å². The molecule has 1 aliphatic rings. The number of nitrogens with zero attached hydrogens (tertiary/aromatic N) is 3. The third-order valence-electron chi connectivity index (χ3n) is 5.66. The first-order valence-electron chi connectivity index (χ1n) is 10.2. The molecule has 1 amide bonds. The van der Waals surface area contributed by atoms with Crippen LogP contribution in [0.4, 0.5) is 5.69 Å². The second-order valence-electron chi connectivity index (χ2n) is 7.69. The number of piperidine rings is 1. The molecule has 0 aliphatic carbocycles. The molecule has 2 aromatic rings. The molecule has 7 heteroatoms. The maximum atomic E-state index is 13.2. The lowest BCUT2D eigenvalue weighted by molar-refractivity contribution is -0.123. The zero-order chi connectivity index (χ0) is 21.9. The Morgan fingerprint density at radius 2 is 1.77 bits per heavy atom. The van der Waals surface area contributed by atoms with Crippen LogP contribution in [0.1, 0.15) is 36.5 Å². The van der Waals surface area contributed by atoms with Crippen molar-refractivity contribution >= 4 is 21.6 Å². The first-order chi connectivity index (χ1) is 14.3. The molecule has 0 atom stereocenters. The van der Waals surface area contributed by atoms with Crippen molar-refractivity contribution in [1.29, 1.82) is 5.26 Å². The van der Waals surface area contributed by atoms with Crippen LogP contribution >= 0.6 is 0 Å². The van der Waals surface area contributed by atoms with Gasteiger partial charge in [0.15, 0.2) is 0 Å². The molecular formula is C23H27N3O3S. The van der Waals surface area contributed by atoms with Crippen molar-refractivity contribution in [2.75, 3.05) is 24.5 Å². The SMILES string of the molecule is CCN(C(=O)C1CCN(S(=O)(=O)c2ccc(C#N)cc2)CC1)c1cc(C)ccc1C. The summed E-state index contributed by atoms with van der Waals surface area (Å²) >= 11 is 0. The van der Waals surface area contributed by atoms with Crippen LogP contribution in [-0.2, 0) is 14.8 Å². The van der Waals surface area contributed by atoms with Crippen LogP contribution in [0.25, 0.3) is 0 Å². The van der Waals surface area contributed by atoms with Crippen molar-refractivity contribution in [1.82, 2.24) is 4.31 Å². The third-order valence-corrected chi connectivity index (χ3v) is 7.57. The van der Waals surface area contributed by atoms with Crippen molar-refractivity contribution in [2.24, 2.45) is 5.92 Å². The second-order valence-corrected chi connectivity index (χ2v) is 9.62. The first-order valence-corrected chi connectivity index (χ1v) is 11.6. The highest BCUT2D eigenvalue weighted by atomic mass is 32.2. The predicted octanol–water partition coefficient (Wildman–Crippen LogP) is 3.63. The average Bonchev–Trinajstić information content (AvgIpc) is 2.76. The number of amides is 1. The van der Waals surface area contributed by atoms with E-state index >= 15 is 0 Å². The van der Waals surface area contributed by atoms with Gasteiger partial charge in [0.05, 0.1) is 16.5 Å². The van der Waals surface area contributed by atoms with Gasteiger partial charge in [-0.3, -0.25) is 4.79 Å². The van der Waals surface area contributed by atoms with Crippen LogP contribution in [0.2, 0.25) is 0 Å². The minimum absolute atomic E-state index is 0.0571. The molecule has 0 spiro atoms. The Morgan fingerprint density at radius 3 is 2.33 bits per heavy atom. The molecule has 6 nitrogen and oxygen atoms in total. The Morgan fingerprint density at radius 1 is 1.13 bits per heavy atom. The summed E-state index contributed by atoms with van der Waals surface area (Å²) in [4.78, 5) is 15.2. The van der Waals surface area contributed by atoms with Gasteiger partial charge in [0.1, 0.15) is 0 Å². The van der Waals surface area contributed by atoms with Crippen LogP contribution in [0, 0.1) is 31.1 Å². The normalized spacial score (nSPS) is 15.5. The molecule has 0 unspecified atom stereocenters. The monoisotopic (exact) mass is 425 g/mol. The van der Waals surface area contributed by atoms with Crippen molar-refractivity contribution in [3.05, 3.63) is 59.2 Å². The highest BCUT2D eigenvalue weighted by Gasteiger charge is 2.34. The van der Waals surface area contributed by atoms with Crippen LogP contribution in [0.15, 0.2) is 47.4 Å². The second kappa shape index (κ2) is 8.99. The van der Waals surface area contributed by atoms with Crippen molar-refractivity contribution in [3.8, 4) is 6.07 Å². The van der Waals surface area contributed by atoms with Crippen molar-refractivity contribution in [3.63, 3.8) is 0 Å². The number of nitriles is 1. The fraction of sp³-hybridized carbons (Fsp3) is 0.391. The van der Waals surface area contributed by atoms with Crippen LogP contribution in [0.5, 0.6) is 0 Å². The minimum atomic E-state index is -3.63. The standard InChI is InChI=1S/C23H27N3O3S/c1-4-26(22-15-17(2)5-6-18(22)3)23(27)20-11-13-25(14-12-20)30(28,29)21-9-7-19(16-24)8-10-21/h5-10,15,20H,4,11-14H2,1-3H3. The number of anilines is 1. The summed E-state index contributed by atoms with van der Waals surface area (Å²) in [7, 11) is -3.63. The van der Waals surface area contributed by atoms with Gasteiger partial charge in [-0.25, -0.2) is 8.42 Å². The molecule has 2 aromatic carbocycles. The van der Waals surface area contributed by atoms with E-state index in [-0.39, 0.29) is 16.7 Å². The van der Waals surface area contributed by atoms with Gasteiger partial charge in [-0.1, -0.05) is 12.1 Å². The Balaban J connectivity index is 1.71. The third kappa shape index (κ3) is 4.40. The molecule has 0 N–H and O–H groups in total. The van der Waals surface area contributed by atoms with Crippen LogP contribution in [0.3, 0.4) is 0 Å². The molecule has 30 heavy (non-hydrogen) atoms. The van der Waals surface area contributed by atoms with Gasteiger partial charge in [0.2, 0.25) is 15.9 Å². The lowest BCUT2D eigenvalue weighted by atomic mass is 9.95. The van der Waals surface area contributed by atoms with Gasteiger partial charge in [0, 0.05) is 31.2 Å². The summed E-state index contributed by atoms with van der Waals surface area (Å²) in [6.07, 6.45) is 0.991. The summed E-state index contributed by atoms with van der Waals surface area (Å²) in [5.74, 6) is -0.140. The summed E-state index contributed by atoms with van der Waals surface area (Å²) in [6.45, 7) is 7.16. The zero-order valence-electron chi connectivity index (χ0n) is 17.6. The lowest BCUT2D eigenvalue weighted by Gasteiger charge is -2.34. The highest BCUT2D eigenvalue weighted by Crippen LogP contribution is 2.29. The summed E-state index contributed by atoms with van der Waals surface area (Å²) in [5, 5.41) is 8.90. The predicted molar refractivity (Wildman–Crippen MR) is 117 cm³/mol. The molecule has 0 saturated carbocycles. The van der Waals surface area contributed by atoms with Gasteiger partial charge in [-0.2, -0.15) is 9.57 Å². The zero-order valence-corrected chi connectivity index (χ0v) is 18.4. The van der Waals surface area contributed by atoms with Crippen LogP contribution in [-0.4, -0.2) is 38.3 Å². The molecule has 1 heterocycles. The van der Waals surface area contributed by atoms with Gasteiger partial charge in [-0.15, -0.1) is 0 Å². The van der Waals surface area contributed by atoms with Crippen molar-refractivity contribution < 1.29 is 13.2 Å². The molecule has 0 radical (unpaired) electrons. The molecule has 0 aromatic heterocycles. The highest BCUT2D eigenvalue weighted by molar-refractivity contribution is 7.89. The number of rotatable bonds is 5. The fourth-order valence-corrected chi connectivity index (χ4v) is 5.34. The van der Waals surface area contributed by atoms with E-state index in [1.165, 1.54) is 28.6 Å². The summed E-state index contributed by atoms with van der Waals surface area (Å²) < 4.78 is 27.2. The number of aryl methyl sites for hydroxylation is 2. The first kappa shape index (κ1) is 22.0. The largest absolute Gasteiger partial charge is 0.312 e. The summed E-state index contributed by atoms with van der Waals surface area (Å²) in [6, 6.07) is 14.0. The van der Waals surface area contributed by atoms with E-state index in [4.69, 9.17) is 5.26 Å². The molecule has 3 rings (SSSR count). The van der Waals surface area contributed by atoms with E-state index in [9.17, 15) is 13.2 Å². The van der Waals surface area contributed by atoms with Gasteiger partial charge in [0.25, 0.3) is 0 Å². The molecule has 1 fully saturated rings. The quantitative estimate of drug-likeness (QED) is 0.733. The maximum absolute atomic E-state index is 13.2. The van der Waals surface area contributed by atoms with E-state index in [2.05, 4.69) is 0 Å². The Labute approximate surface area is 178 Å². The number of benzene rings is 2. The van der Waals surface area contributed by atoms with Gasteiger partial charge >= 0.3 is 0 Å². The number of sulfonamides is 1. The Bertz CT molecular complexity index is 1060. The molecule has 1 aliphatic heterocycles. The smallest absolute Gasteiger partial charge is 0.243 e. The van der Waals surface area contributed by atoms with E-state index in [1.54, 1.807) is 0 Å². The van der Waals surface area contributed by atoms with E-state index in [0.29, 0.717) is 38.0 Å². The van der Waals surface area contributed by atoms with Gasteiger partial charge < -0.3 is 4.90 Å². The van der Waals surface area contributed by atoms with E-state index < -0.39 is 10.0 Å². The number of carbonyl (C=O) groups excluding carboxylic acids is 1. The van der Waals surface area contributed by atoms with E-state index in [0.717, 1.165) is 16.8 Å². The average molecular weight is 426 g/mol.